The van der Waals surface area contributed by atoms with Crippen molar-refractivity contribution < 1.29 is 4.79 Å². The van der Waals surface area contributed by atoms with Crippen molar-refractivity contribution in [2.75, 3.05) is 11.9 Å². The number of nitrogens with zero attached hydrogens (tertiary/aromatic N) is 1. The van der Waals surface area contributed by atoms with Gasteiger partial charge in [-0.3, -0.25) is 9.78 Å². The number of hydrogen-bond acceptors (Lipinski definition) is 3. The highest BCUT2D eigenvalue weighted by Gasteiger charge is 2.40. The minimum atomic E-state index is 0.0194. The van der Waals surface area contributed by atoms with Crippen LogP contribution in [0.2, 0.25) is 0 Å². The average Bonchev–Trinajstić information content (AvgIpc) is 3.01. The van der Waals surface area contributed by atoms with E-state index >= 15 is 0 Å². The molecule has 2 saturated carbocycles. The lowest BCUT2D eigenvalue weighted by atomic mass is 9.95. The number of rotatable bonds is 4. The highest BCUT2D eigenvalue weighted by Crippen LogP contribution is 2.44. The van der Waals surface area contributed by atoms with Crippen molar-refractivity contribution in [2.45, 2.75) is 45.6 Å². The van der Waals surface area contributed by atoms with Crippen LogP contribution in [-0.2, 0) is 0 Å². The van der Waals surface area contributed by atoms with Gasteiger partial charge < -0.3 is 10.6 Å². The maximum Gasteiger partial charge on any atom is 0.255 e. The minimum Gasteiger partial charge on any atom is -0.385 e. The number of anilines is 1. The number of carbonyl (C=O) groups is 1. The Bertz CT molecular complexity index is 514. The molecule has 4 heteroatoms. The van der Waals surface area contributed by atoms with Gasteiger partial charge in [-0.15, -0.1) is 0 Å². The summed E-state index contributed by atoms with van der Waals surface area (Å²) in [7, 11) is 0. The molecular formula is C16H23N3O. The van der Waals surface area contributed by atoms with Crippen molar-refractivity contribution in [1.82, 2.24) is 10.3 Å². The van der Waals surface area contributed by atoms with E-state index in [-0.39, 0.29) is 5.91 Å². The molecule has 2 fully saturated rings. The van der Waals surface area contributed by atoms with E-state index in [9.17, 15) is 4.79 Å². The van der Waals surface area contributed by atoms with Gasteiger partial charge in [0.15, 0.2) is 0 Å². The Balaban J connectivity index is 1.73. The molecule has 4 nitrogen and oxygen atoms in total. The van der Waals surface area contributed by atoms with Crippen LogP contribution in [0.15, 0.2) is 12.3 Å². The number of hydrogen-bond donors (Lipinski definition) is 2. The fourth-order valence-electron chi connectivity index (χ4n) is 3.75. The fourth-order valence-corrected chi connectivity index (χ4v) is 3.75. The van der Waals surface area contributed by atoms with Gasteiger partial charge in [-0.2, -0.15) is 0 Å². The predicted octanol–water partition coefficient (Wildman–Crippen LogP) is 2.74. The summed E-state index contributed by atoms with van der Waals surface area (Å²) >= 11 is 0. The number of aromatic nitrogens is 1. The summed E-state index contributed by atoms with van der Waals surface area (Å²) in [6.07, 6.45) is 6.78. The molecule has 0 saturated heterocycles. The highest BCUT2D eigenvalue weighted by molar-refractivity contribution is 5.99. The van der Waals surface area contributed by atoms with Gasteiger partial charge >= 0.3 is 0 Å². The topological polar surface area (TPSA) is 54.0 Å². The zero-order valence-electron chi connectivity index (χ0n) is 12.3. The number of fused-ring (bicyclic) bond motifs is 2. The van der Waals surface area contributed by atoms with Crippen molar-refractivity contribution in [3.05, 3.63) is 23.5 Å². The van der Waals surface area contributed by atoms with Crippen LogP contribution in [0.4, 0.5) is 5.69 Å². The molecule has 2 bridgehead atoms. The molecule has 1 aromatic rings. The second-order valence-corrected chi connectivity index (χ2v) is 6.16. The van der Waals surface area contributed by atoms with Crippen molar-refractivity contribution in [2.24, 2.45) is 11.8 Å². The quantitative estimate of drug-likeness (QED) is 0.887. The predicted molar refractivity (Wildman–Crippen MR) is 79.8 cm³/mol. The van der Waals surface area contributed by atoms with E-state index in [2.05, 4.69) is 15.6 Å². The molecule has 2 N–H and O–H groups in total. The van der Waals surface area contributed by atoms with Crippen LogP contribution in [0, 0.1) is 18.8 Å². The Labute approximate surface area is 120 Å². The second kappa shape index (κ2) is 5.43. The smallest absolute Gasteiger partial charge is 0.255 e. The normalized spacial score (nSPS) is 27.6. The van der Waals surface area contributed by atoms with Crippen LogP contribution in [0.25, 0.3) is 0 Å². The summed E-state index contributed by atoms with van der Waals surface area (Å²) in [5.41, 5.74) is 2.48. The van der Waals surface area contributed by atoms with Crippen molar-refractivity contribution in [3.63, 3.8) is 0 Å². The first-order chi connectivity index (χ1) is 9.67. The summed E-state index contributed by atoms with van der Waals surface area (Å²) in [6, 6.07) is 2.32. The van der Waals surface area contributed by atoms with Gasteiger partial charge in [0.2, 0.25) is 0 Å². The summed E-state index contributed by atoms with van der Waals surface area (Å²) in [5.74, 6) is 1.56. The van der Waals surface area contributed by atoms with Crippen molar-refractivity contribution in [3.8, 4) is 0 Å². The monoisotopic (exact) mass is 273 g/mol. The first-order valence-electron chi connectivity index (χ1n) is 7.68. The number of amides is 1. The Kier molecular flexibility index (Phi) is 3.64. The Morgan fingerprint density at radius 1 is 1.40 bits per heavy atom. The van der Waals surface area contributed by atoms with E-state index in [1.54, 1.807) is 6.20 Å². The molecule has 0 aromatic carbocycles. The Morgan fingerprint density at radius 2 is 2.25 bits per heavy atom. The van der Waals surface area contributed by atoms with Crippen molar-refractivity contribution in [1.29, 1.82) is 0 Å². The molecule has 2 aliphatic carbocycles. The van der Waals surface area contributed by atoms with E-state index in [0.717, 1.165) is 30.3 Å². The molecule has 0 aliphatic heterocycles. The molecule has 20 heavy (non-hydrogen) atoms. The molecule has 1 aromatic heterocycles. The van der Waals surface area contributed by atoms with E-state index in [0.29, 0.717) is 17.5 Å². The number of pyridine rings is 1. The van der Waals surface area contributed by atoms with Crippen molar-refractivity contribution >= 4 is 11.6 Å². The van der Waals surface area contributed by atoms with Crippen LogP contribution in [-0.4, -0.2) is 23.5 Å². The van der Waals surface area contributed by atoms with Gasteiger partial charge in [0.1, 0.15) is 0 Å². The third kappa shape index (κ3) is 2.51. The number of nitrogens with one attached hydrogen (secondary N) is 2. The van der Waals surface area contributed by atoms with Crippen LogP contribution in [0.5, 0.6) is 0 Å². The van der Waals surface area contributed by atoms with Gasteiger partial charge in [-0.25, -0.2) is 0 Å². The van der Waals surface area contributed by atoms with Gasteiger partial charge in [0.05, 0.1) is 11.3 Å². The third-order valence-electron chi connectivity index (χ3n) is 4.71. The van der Waals surface area contributed by atoms with Crippen LogP contribution < -0.4 is 10.6 Å². The van der Waals surface area contributed by atoms with E-state index in [1.165, 1.54) is 19.3 Å². The molecule has 1 heterocycles. The minimum absolute atomic E-state index is 0.0194. The molecule has 2 aliphatic rings. The maximum atomic E-state index is 12.5. The lowest BCUT2D eigenvalue weighted by Gasteiger charge is -2.23. The first kappa shape index (κ1) is 13.4. The third-order valence-corrected chi connectivity index (χ3v) is 4.71. The molecule has 0 radical (unpaired) electrons. The fraction of sp³-hybridized carbons (Fsp3) is 0.625. The molecule has 0 spiro atoms. The summed E-state index contributed by atoms with van der Waals surface area (Å²) < 4.78 is 0. The van der Waals surface area contributed by atoms with E-state index in [4.69, 9.17) is 0 Å². The molecule has 3 unspecified atom stereocenters. The zero-order valence-corrected chi connectivity index (χ0v) is 12.3. The summed E-state index contributed by atoms with van der Waals surface area (Å²) in [5, 5.41) is 6.48. The largest absolute Gasteiger partial charge is 0.385 e. The molecule has 3 rings (SSSR count). The number of carbonyl (C=O) groups excluding carboxylic acids is 1. The number of aryl methyl sites for hydroxylation is 1. The zero-order chi connectivity index (χ0) is 14.1. The summed E-state index contributed by atoms with van der Waals surface area (Å²) in [6.45, 7) is 4.78. The molecule has 3 atom stereocenters. The van der Waals surface area contributed by atoms with Gasteiger partial charge in [0.25, 0.3) is 5.91 Å². The van der Waals surface area contributed by atoms with Crippen LogP contribution in [0.3, 0.4) is 0 Å². The molecular weight excluding hydrogens is 250 g/mol. The van der Waals surface area contributed by atoms with E-state index in [1.807, 2.05) is 19.9 Å². The lowest BCUT2D eigenvalue weighted by molar-refractivity contribution is 0.0923. The van der Waals surface area contributed by atoms with Crippen LogP contribution in [0.1, 0.15) is 48.7 Å². The Hall–Kier alpha value is -1.58. The van der Waals surface area contributed by atoms with Crippen LogP contribution >= 0.6 is 0 Å². The summed E-state index contributed by atoms with van der Waals surface area (Å²) in [4.78, 5) is 16.8. The van der Waals surface area contributed by atoms with E-state index < -0.39 is 0 Å². The van der Waals surface area contributed by atoms with Gasteiger partial charge in [-0.1, -0.05) is 6.42 Å². The standard InChI is InChI=1S/C16H23N3O/c1-3-17-15-6-10(2)18-9-13(15)16(20)19-14-8-11-4-5-12(14)7-11/h6,9,11-12,14H,3-5,7-8H2,1-2H3,(H,17,18)(H,19,20). The SMILES string of the molecule is CCNc1cc(C)ncc1C(=O)NC1CC2CCC1C2. The average molecular weight is 273 g/mol. The van der Waals surface area contributed by atoms with Gasteiger partial charge in [0, 0.05) is 24.5 Å². The molecule has 108 valence electrons. The van der Waals surface area contributed by atoms with Gasteiger partial charge in [-0.05, 0) is 51.0 Å². The maximum absolute atomic E-state index is 12.5. The highest BCUT2D eigenvalue weighted by atomic mass is 16.1. The Morgan fingerprint density at radius 3 is 2.90 bits per heavy atom. The first-order valence-corrected chi connectivity index (χ1v) is 7.68. The lowest BCUT2D eigenvalue weighted by Crippen LogP contribution is -2.38. The second-order valence-electron chi connectivity index (χ2n) is 6.16. The molecule has 1 amide bonds.